The monoisotopic (exact) mass is 772 g/mol. The van der Waals surface area contributed by atoms with Crippen LogP contribution in [0.15, 0.2) is 24.3 Å². The van der Waals surface area contributed by atoms with Crippen molar-refractivity contribution >= 4 is 19.8 Å². The van der Waals surface area contributed by atoms with E-state index in [2.05, 4.69) is 38.2 Å². The third kappa shape index (κ3) is 40.0. The lowest BCUT2D eigenvalue weighted by Crippen LogP contribution is -2.37. The Balaban J connectivity index is 4.39. The number of phosphoric acid groups is 1. The summed E-state index contributed by atoms with van der Waals surface area (Å²) in [5.41, 5.74) is 0. The van der Waals surface area contributed by atoms with E-state index in [1.54, 1.807) is 0 Å². The Labute approximate surface area is 326 Å². The highest BCUT2D eigenvalue weighted by Gasteiger charge is 2.21. The third-order valence-electron chi connectivity index (χ3n) is 9.22. The predicted octanol–water partition coefficient (Wildman–Crippen LogP) is 11.3. The molecule has 10 heteroatoms. The van der Waals surface area contributed by atoms with E-state index >= 15 is 0 Å². The first-order chi connectivity index (χ1) is 25.5. The molecule has 0 amide bonds. The molecule has 0 rings (SSSR count). The second-order valence-electron chi connectivity index (χ2n) is 15.7. The van der Waals surface area contributed by atoms with Crippen LogP contribution in [0.1, 0.15) is 187 Å². The van der Waals surface area contributed by atoms with Gasteiger partial charge < -0.3 is 27.9 Å². The van der Waals surface area contributed by atoms with Gasteiger partial charge in [-0.05, 0) is 44.9 Å². The van der Waals surface area contributed by atoms with Crippen LogP contribution in [0.3, 0.4) is 0 Å². The van der Waals surface area contributed by atoms with E-state index in [-0.39, 0.29) is 32.0 Å². The summed E-state index contributed by atoms with van der Waals surface area (Å²) >= 11 is 0. The Morgan fingerprint density at radius 1 is 0.585 bits per heavy atom. The highest BCUT2D eigenvalue weighted by molar-refractivity contribution is 7.45. The van der Waals surface area contributed by atoms with Gasteiger partial charge in [0.25, 0.3) is 7.82 Å². The van der Waals surface area contributed by atoms with Crippen LogP contribution in [0.4, 0.5) is 0 Å². The molecule has 0 N–H and O–H groups in total. The lowest BCUT2D eigenvalue weighted by molar-refractivity contribution is -0.870. The molecule has 0 aromatic rings. The predicted molar refractivity (Wildman–Crippen MR) is 218 cm³/mol. The second kappa shape index (κ2) is 36.1. The van der Waals surface area contributed by atoms with Gasteiger partial charge in [-0.2, -0.15) is 0 Å². The molecule has 0 fully saturated rings. The lowest BCUT2D eigenvalue weighted by atomic mass is 10.0. The largest absolute Gasteiger partial charge is 0.756 e. The average Bonchev–Trinajstić information content (AvgIpc) is 3.10. The van der Waals surface area contributed by atoms with E-state index in [9.17, 15) is 19.0 Å². The Bertz CT molecular complexity index is 964. The molecule has 0 saturated heterocycles. The number of carbonyl (C=O) groups excluding carboxylic acids is 2. The quantitative estimate of drug-likeness (QED) is 0.0200. The molecule has 0 aliphatic heterocycles. The number of rotatable bonds is 39. The van der Waals surface area contributed by atoms with Crippen molar-refractivity contribution in [3.8, 4) is 0 Å². The molecule has 0 aromatic heterocycles. The van der Waals surface area contributed by atoms with E-state index in [1.165, 1.54) is 96.3 Å². The minimum absolute atomic E-state index is 0.0320. The van der Waals surface area contributed by atoms with E-state index in [1.807, 2.05) is 21.1 Å². The molecule has 9 nitrogen and oxygen atoms in total. The fourth-order valence-corrected chi connectivity index (χ4v) is 6.53. The molecular formula is C43H82NO8P. The molecule has 0 aliphatic rings. The first-order valence-electron chi connectivity index (χ1n) is 21.5. The molecule has 53 heavy (non-hydrogen) atoms. The number of hydrogen-bond acceptors (Lipinski definition) is 8. The zero-order valence-corrected chi connectivity index (χ0v) is 35.9. The van der Waals surface area contributed by atoms with Crippen LogP contribution in [-0.2, 0) is 32.7 Å². The summed E-state index contributed by atoms with van der Waals surface area (Å²) in [6.07, 6.45) is 37.7. The van der Waals surface area contributed by atoms with Crippen molar-refractivity contribution in [3.05, 3.63) is 24.3 Å². The number of carbonyl (C=O) groups is 2. The minimum Gasteiger partial charge on any atom is -0.756 e. The Morgan fingerprint density at radius 3 is 1.53 bits per heavy atom. The van der Waals surface area contributed by atoms with Crippen molar-refractivity contribution in [3.63, 3.8) is 0 Å². The van der Waals surface area contributed by atoms with Crippen molar-refractivity contribution in [2.24, 2.45) is 0 Å². The standard InChI is InChI=1S/C43H82NO8P/c1-6-8-10-12-14-16-18-20-22-24-26-28-30-32-34-36-43(46)52-41(40-51-53(47,48)50-38-37-44(3,4)5)39-49-42(45)35-33-31-29-27-25-23-21-19-17-15-13-11-9-7-2/h14,16,20,22,41H,6-13,15,17-19,21,23-40H2,1-5H3/b16-14-,22-20-/t41-/m1/s1. The number of quaternary nitrogens is 1. The van der Waals surface area contributed by atoms with Crippen molar-refractivity contribution in [2.75, 3.05) is 47.5 Å². The first kappa shape index (κ1) is 51.5. The van der Waals surface area contributed by atoms with E-state index < -0.39 is 26.5 Å². The van der Waals surface area contributed by atoms with Crippen molar-refractivity contribution < 1.29 is 42.1 Å². The number of nitrogens with zero attached hydrogens (tertiary/aromatic N) is 1. The summed E-state index contributed by atoms with van der Waals surface area (Å²) in [4.78, 5) is 37.5. The summed E-state index contributed by atoms with van der Waals surface area (Å²) in [7, 11) is 1.16. The van der Waals surface area contributed by atoms with Crippen molar-refractivity contribution in [1.82, 2.24) is 0 Å². The van der Waals surface area contributed by atoms with Gasteiger partial charge in [0.1, 0.15) is 19.8 Å². The summed E-state index contributed by atoms with van der Waals surface area (Å²) in [6, 6.07) is 0. The normalized spacial score (nSPS) is 13.8. The number of hydrogen-bond donors (Lipinski definition) is 0. The minimum atomic E-state index is -4.62. The molecule has 0 radical (unpaired) electrons. The lowest BCUT2D eigenvalue weighted by Gasteiger charge is -2.28. The van der Waals surface area contributed by atoms with E-state index in [0.29, 0.717) is 17.4 Å². The van der Waals surface area contributed by atoms with Crippen LogP contribution < -0.4 is 4.89 Å². The Morgan fingerprint density at radius 2 is 1.02 bits per heavy atom. The summed E-state index contributed by atoms with van der Waals surface area (Å²) in [5, 5.41) is 0. The Kier molecular flexibility index (Phi) is 35.1. The average molecular weight is 772 g/mol. The maximum atomic E-state index is 12.6. The van der Waals surface area contributed by atoms with Crippen LogP contribution in [-0.4, -0.2) is 70.0 Å². The van der Waals surface area contributed by atoms with E-state index in [0.717, 1.165) is 57.8 Å². The van der Waals surface area contributed by atoms with Gasteiger partial charge in [-0.25, -0.2) is 0 Å². The maximum Gasteiger partial charge on any atom is 0.306 e. The summed E-state index contributed by atoms with van der Waals surface area (Å²) < 4.78 is 33.9. The SMILES string of the molecule is CCCCC/C=C\C/C=C\CCCCCCCC(=O)O[C@H](COC(=O)CCCCCCCCCCCCCCCC)COP(=O)([O-])OCC[N+](C)(C)C. The number of esters is 2. The van der Waals surface area contributed by atoms with Gasteiger partial charge in [0.2, 0.25) is 0 Å². The number of ether oxygens (including phenoxy) is 2. The highest BCUT2D eigenvalue weighted by Crippen LogP contribution is 2.38. The van der Waals surface area contributed by atoms with Crippen LogP contribution in [0.2, 0.25) is 0 Å². The van der Waals surface area contributed by atoms with Gasteiger partial charge in [-0.15, -0.1) is 0 Å². The zero-order valence-electron chi connectivity index (χ0n) is 35.0. The van der Waals surface area contributed by atoms with Crippen LogP contribution in [0.5, 0.6) is 0 Å². The molecule has 0 bridgehead atoms. The smallest absolute Gasteiger partial charge is 0.306 e. The Hall–Kier alpha value is -1.51. The third-order valence-corrected chi connectivity index (χ3v) is 10.2. The van der Waals surface area contributed by atoms with Crippen LogP contribution in [0, 0.1) is 0 Å². The topological polar surface area (TPSA) is 111 Å². The first-order valence-corrected chi connectivity index (χ1v) is 23.0. The molecule has 1 unspecified atom stereocenters. The van der Waals surface area contributed by atoms with Gasteiger partial charge in [-0.1, -0.05) is 154 Å². The molecule has 2 atom stereocenters. The number of allylic oxidation sites excluding steroid dienone is 4. The second-order valence-corrected chi connectivity index (χ2v) is 17.1. The molecule has 0 spiro atoms. The van der Waals surface area contributed by atoms with Gasteiger partial charge in [-0.3, -0.25) is 14.2 Å². The molecule has 0 saturated carbocycles. The number of likely N-dealkylation sites (N-methyl/N-ethyl adjacent to an activating group) is 1. The van der Waals surface area contributed by atoms with Crippen LogP contribution in [0.25, 0.3) is 0 Å². The molecular weight excluding hydrogens is 689 g/mol. The highest BCUT2D eigenvalue weighted by atomic mass is 31.2. The zero-order chi connectivity index (χ0) is 39.3. The van der Waals surface area contributed by atoms with Crippen molar-refractivity contribution in [1.29, 1.82) is 0 Å². The summed E-state index contributed by atoms with van der Waals surface area (Å²) in [6.45, 7) is 4.19. The molecule has 0 heterocycles. The van der Waals surface area contributed by atoms with Gasteiger partial charge in [0.15, 0.2) is 6.10 Å². The maximum absolute atomic E-state index is 12.6. The fraction of sp³-hybridized carbons (Fsp3) is 0.860. The van der Waals surface area contributed by atoms with Crippen LogP contribution >= 0.6 is 7.82 Å². The molecule has 0 aliphatic carbocycles. The molecule has 312 valence electrons. The van der Waals surface area contributed by atoms with Gasteiger partial charge >= 0.3 is 11.9 Å². The van der Waals surface area contributed by atoms with Crippen molar-refractivity contribution in [2.45, 2.75) is 193 Å². The fourth-order valence-electron chi connectivity index (χ4n) is 5.80. The van der Waals surface area contributed by atoms with Gasteiger partial charge in [0, 0.05) is 12.8 Å². The summed E-state index contributed by atoms with van der Waals surface area (Å²) in [5.74, 6) is -0.845. The number of phosphoric ester groups is 1. The number of unbranched alkanes of at least 4 members (excludes halogenated alkanes) is 21. The molecule has 0 aromatic carbocycles. The van der Waals surface area contributed by atoms with Gasteiger partial charge in [0.05, 0.1) is 27.7 Å². The van der Waals surface area contributed by atoms with E-state index in [4.69, 9.17) is 18.5 Å².